The van der Waals surface area contributed by atoms with E-state index in [0.717, 1.165) is 16.6 Å². The first kappa shape index (κ1) is 14.1. The van der Waals surface area contributed by atoms with Gasteiger partial charge >= 0.3 is 5.97 Å². The molecule has 4 N–H and O–H groups in total. The van der Waals surface area contributed by atoms with Gasteiger partial charge in [0.2, 0.25) is 0 Å². The molecule has 0 radical (unpaired) electrons. The van der Waals surface area contributed by atoms with Crippen LogP contribution < -0.4 is 10.5 Å². The zero-order valence-electron chi connectivity index (χ0n) is 11.1. The molecule has 106 valence electrons. The molecule has 1 aromatic heterocycles. The number of carboxylic acid groups (broad SMARTS) is 1. The van der Waals surface area contributed by atoms with Gasteiger partial charge in [-0.2, -0.15) is 0 Å². The summed E-state index contributed by atoms with van der Waals surface area (Å²) in [7, 11) is 0. The molecule has 0 amide bonds. The average Bonchev–Trinajstić information content (AvgIpc) is 2.77. The summed E-state index contributed by atoms with van der Waals surface area (Å²) < 4.78 is 5.32. The predicted molar refractivity (Wildman–Crippen MR) is 73.8 cm³/mol. The number of hydrogen-bond donors (Lipinski definition) is 3. The van der Waals surface area contributed by atoms with Gasteiger partial charge in [-0.25, -0.2) is 0 Å². The molecule has 2 aromatic rings. The molecule has 0 aliphatic heterocycles. The Kier molecular flexibility index (Phi) is 4.05. The van der Waals surface area contributed by atoms with Crippen molar-refractivity contribution in [2.24, 2.45) is 5.73 Å². The molecule has 0 saturated carbocycles. The molecule has 1 aromatic carbocycles. The highest BCUT2D eigenvalue weighted by molar-refractivity contribution is 5.83. The van der Waals surface area contributed by atoms with Crippen molar-refractivity contribution in [3.8, 4) is 5.75 Å². The molecule has 20 heavy (non-hydrogen) atoms. The standard InChI is InChI=1S/C14H16N2O4/c1-8(17)7-20-11-2-3-13-9(5-11)4-10(16-13)6-12(15)14(18)19/h2-5,12,16H,6-7,15H2,1H3,(H,18,19). The molecule has 0 bridgehead atoms. The van der Waals surface area contributed by atoms with Gasteiger partial charge < -0.3 is 20.6 Å². The monoisotopic (exact) mass is 276 g/mol. The van der Waals surface area contributed by atoms with Gasteiger partial charge in [0.05, 0.1) is 0 Å². The van der Waals surface area contributed by atoms with E-state index in [2.05, 4.69) is 4.98 Å². The van der Waals surface area contributed by atoms with Gasteiger partial charge in [-0.15, -0.1) is 0 Å². The van der Waals surface area contributed by atoms with Crippen LogP contribution in [0, 0.1) is 0 Å². The van der Waals surface area contributed by atoms with Crippen molar-refractivity contribution in [2.45, 2.75) is 19.4 Å². The third-order valence-electron chi connectivity index (χ3n) is 2.85. The van der Waals surface area contributed by atoms with E-state index in [0.29, 0.717) is 5.75 Å². The van der Waals surface area contributed by atoms with Crippen LogP contribution >= 0.6 is 0 Å². The van der Waals surface area contributed by atoms with Crippen molar-refractivity contribution in [1.29, 1.82) is 0 Å². The number of Topliss-reactive ketones (excluding diaryl/α,β-unsaturated/α-hetero) is 1. The Balaban J connectivity index is 2.17. The second-order valence-corrected chi connectivity index (χ2v) is 4.68. The van der Waals surface area contributed by atoms with E-state index in [4.69, 9.17) is 15.6 Å². The maximum atomic E-state index is 10.9. The third-order valence-corrected chi connectivity index (χ3v) is 2.85. The van der Waals surface area contributed by atoms with Gasteiger partial charge in [0.25, 0.3) is 0 Å². The molecular weight excluding hydrogens is 260 g/mol. The lowest BCUT2D eigenvalue weighted by Crippen LogP contribution is -2.32. The number of aromatic amines is 1. The summed E-state index contributed by atoms with van der Waals surface area (Å²) >= 11 is 0. The van der Waals surface area contributed by atoms with Crippen LogP contribution in [0.3, 0.4) is 0 Å². The highest BCUT2D eigenvalue weighted by atomic mass is 16.5. The minimum absolute atomic E-state index is 0.0344. The second kappa shape index (κ2) is 5.75. The number of ether oxygens (including phenoxy) is 1. The largest absolute Gasteiger partial charge is 0.486 e. The number of carboxylic acids is 1. The number of aliphatic carboxylic acids is 1. The molecular formula is C14H16N2O4. The summed E-state index contributed by atoms with van der Waals surface area (Å²) in [6.45, 7) is 1.49. The van der Waals surface area contributed by atoms with Crippen molar-refractivity contribution in [3.63, 3.8) is 0 Å². The van der Waals surface area contributed by atoms with Crippen molar-refractivity contribution in [2.75, 3.05) is 6.61 Å². The van der Waals surface area contributed by atoms with E-state index in [9.17, 15) is 9.59 Å². The Morgan fingerprint density at radius 2 is 2.15 bits per heavy atom. The second-order valence-electron chi connectivity index (χ2n) is 4.68. The molecule has 0 aliphatic carbocycles. The lowest BCUT2D eigenvalue weighted by Gasteiger charge is -2.03. The van der Waals surface area contributed by atoms with Gasteiger partial charge in [0.15, 0.2) is 5.78 Å². The smallest absolute Gasteiger partial charge is 0.320 e. The summed E-state index contributed by atoms with van der Waals surface area (Å²) in [5.74, 6) is -0.484. The van der Waals surface area contributed by atoms with E-state index in [1.807, 2.05) is 12.1 Å². The SMILES string of the molecule is CC(=O)COc1ccc2[nH]c(CC(N)C(=O)O)cc2c1. The van der Waals surface area contributed by atoms with Crippen LogP contribution in [-0.2, 0) is 16.0 Å². The van der Waals surface area contributed by atoms with Crippen LogP contribution in [-0.4, -0.2) is 34.5 Å². The van der Waals surface area contributed by atoms with Crippen LogP contribution in [0.4, 0.5) is 0 Å². The van der Waals surface area contributed by atoms with Gasteiger partial charge in [-0.3, -0.25) is 9.59 Å². The summed E-state index contributed by atoms with van der Waals surface area (Å²) in [6, 6.07) is 6.27. The Bertz CT molecular complexity index is 648. The fraction of sp³-hybridized carbons (Fsp3) is 0.286. The number of H-pyrrole nitrogens is 1. The molecule has 0 spiro atoms. The quantitative estimate of drug-likeness (QED) is 0.732. The highest BCUT2D eigenvalue weighted by Crippen LogP contribution is 2.22. The molecule has 1 atom stereocenters. The molecule has 1 unspecified atom stereocenters. The van der Waals surface area contributed by atoms with Crippen LogP contribution in [0.25, 0.3) is 10.9 Å². The zero-order valence-corrected chi connectivity index (χ0v) is 11.1. The van der Waals surface area contributed by atoms with E-state index >= 15 is 0 Å². The Hall–Kier alpha value is -2.34. The molecule has 1 heterocycles. The van der Waals surface area contributed by atoms with Crippen molar-refractivity contribution < 1.29 is 19.4 Å². The summed E-state index contributed by atoms with van der Waals surface area (Å²) in [4.78, 5) is 24.7. The normalized spacial score (nSPS) is 12.3. The molecule has 6 nitrogen and oxygen atoms in total. The minimum Gasteiger partial charge on any atom is -0.486 e. The topological polar surface area (TPSA) is 105 Å². The molecule has 2 rings (SSSR count). The maximum absolute atomic E-state index is 10.9. The van der Waals surface area contributed by atoms with E-state index < -0.39 is 12.0 Å². The van der Waals surface area contributed by atoms with Gasteiger partial charge in [-0.05, 0) is 31.2 Å². The fourth-order valence-electron chi connectivity index (χ4n) is 1.88. The third kappa shape index (κ3) is 3.36. The first-order valence-corrected chi connectivity index (χ1v) is 6.18. The number of carbonyl (C=O) groups excluding carboxylic acids is 1. The number of hydrogen-bond acceptors (Lipinski definition) is 4. The molecule has 0 fully saturated rings. The van der Waals surface area contributed by atoms with Crippen LogP contribution in [0.15, 0.2) is 24.3 Å². The Labute approximate surface area is 115 Å². The van der Waals surface area contributed by atoms with E-state index in [1.54, 1.807) is 12.1 Å². The van der Waals surface area contributed by atoms with E-state index in [-0.39, 0.29) is 18.8 Å². The molecule has 0 aliphatic rings. The maximum Gasteiger partial charge on any atom is 0.320 e. The highest BCUT2D eigenvalue weighted by Gasteiger charge is 2.13. The summed E-state index contributed by atoms with van der Waals surface area (Å²) in [5.41, 5.74) is 7.12. The number of rotatable bonds is 6. The molecule has 6 heteroatoms. The average molecular weight is 276 g/mol. The Morgan fingerprint density at radius 1 is 1.40 bits per heavy atom. The number of fused-ring (bicyclic) bond motifs is 1. The van der Waals surface area contributed by atoms with Gasteiger partial charge in [-0.1, -0.05) is 0 Å². The fourth-order valence-corrected chi connectivity index (χ4v) is 1.88. The number of aromatic nitrogens is 1. The van der Waals surface area contributed by atoms with Crippen LogP contribution in [0.5, 0.6) is 5.75 Å². The zero-order chi connectivity index (χ0) is 14.7. The van der Waals surface area contributed by atoms with Gasteiger partial charge in [0, 0.05) is 23.0 Å². The molecule has 0 saturated heterocycles. The van der Waals surface area contributed by atoms with Gasteiger partial charge in [0.1, 0.15) is 18.4 Å². The number of benzene rings is 1. The van der Waals surface area contributed by atoms with Crippen molar-refractivity contribution in [1.82, 2.24) is 4.98 Å². The van der Waals surface area contributed by atoms with Crippen LogP contribution in [0.1, 0.15) is 12.6 Å². The number of nitrogens with one attached hydrogen (secondary N) is 1. The first-order chi connectivity index (χ1) is 9.45. The number of nitrogens with two attached hydrogens (primary N) is 1. The van der Waals surface area contributed by atoms with Crippen molar-refractivity contribution >= 4 is 22.7 Å². The summed E-state index contributed by atoms with van der Waals surface area (Å²) in [5, 5.41) is 9.68. The first-order valence-electron chi connectivity index (χ1n) is 6.18. The lowest BCUT2D eigenvalue weighted by molar-refractivity contribution is -0.138. The van der Waals surface area contributed by atoms with Crippen molar-refractivity contribution in [3.05, 3.63) is 30.0 Å². The summed E-state index contributed by atoms with van der Waals surface area (Å²) in [6.07, 6.45) is 0.230. The van der Waals surface area contributed by atoms with Crippen LogP contribution in [0.2, 0.25) is 0 Å². The minimum atomic E-state index is -1.03. The Morgan fingerprint density at radius 3 is 2.80 bits per heavy atom. The lowest BCUT2D eigenvalue weighted by atomic mass is 10.1. The number of carbonyl (C=O) groups is 2. The predicted octanol–water partition coefficient (Wildman–Crippen LogP) is 1.09. The van der Waals surface area contributed by atoms with E-state index in [1.165, 1.54) is 6.92 Å². The number of ketones is 1.